The summed E-state index contributed by atoms with van der Waals surface area (Å²) in [5, 5.41) is 10.6. The molecule has 0 aliphatic carbocycles. The maximum atomic E-state index is 12.3. The zero-order chi connectivity index (χ0) is 17.3. The quantitative estimate of drug-likeness (QED) is 0.588. The van der Waals surface area contributed by atoms with Gasteiger partial charge in [0.2, 0.25) is 5.78 Å². The summed E-state index contributed by atoms with van der Waals surface area (Å²) in [4.78, 5) is 24.3. The Morgan fingerprint density at radius 3 is 2.50 bits per heavy atom. The molecule has 0 aliphatic rings. The van der Waals surface area contributed by atoms with Gasteiger partial charge in [-0.2, -0.15) is 0 Å². The molecule has 1 N–H and O–H groups in total. The first-order chi connectivity index (χ1) is 11.5. The number of fused-ring (bicyclic) bond motifs is 1. The molecule has 5 heteroatoms. The van der Waals surface area contributed by atoms with Crippen LogP contribution in [0.3, 0.4) is 0 Å². The number of hydrogen-bond donors (Lipinski definition) is 1. The Bertz CT molecular complexity index is 964. The van der Waals surface area contributed by atoms with Crippen molar-refractivity contribution in [1.82, 2.24) is 0 Å². The molecule has 0 saturated heterocycles. The van der Waals surface area contributed by atoms with Crippen LogP contribution in [0.15, 0.2) is 51.7 Å². The number of hydrogen-bond acceptors (Lipinski definition) is 5. The lowest BCUT2D eigenvalue weighted by molar-refractivity contribution is 0.0915. The first-order valence-electron chi connectivity index (χ1n) is 7.45. The fourth-order valence-electron chi connectivity index (χ4n) is 2.62. The molecule has 3 rings (SSSR count). The largest absolute Gasteiger partial charge is 0.506 e. The van der Waals surface area contributed by atoms with Gasteiger partial charge in [0, 0.05) is 0 Å². The van der Waals surface area contributed by atoms with E-state index in [1.54, 1.807) is 36.4 Å². The van der Waals surface area contributed by atoms with Crippen molar-refractivity contribution in [1.29, 1.82) is 0 Å². The maximum absolute atomic E-state index is 12.3. The predicted octanol–water partition coefficient (Wildman–Crippen LogP) is 3.38. The summed E-state index contributed by atoms with van der Waals surface area (Å²) in [6.07, 6.45) is 0. The molecule has 1 aromatic heterocycles. The minimum atomic E-state index is -0.875. The average Bonchev–Trinajstić information content (AvgIpc) is 2.52. The van der Waals surface area contributed by atoms with Crippen LogP contribution in [0.2, 0.25) is 0 Å². The number of aromatic hydroxyl groups is 1. The molecule has 0 fully saturated rings. The minimum Gasteiger partial charge on any atom is -0.506 e. The number of rotatable bonds is 4. The first-order valence-corrected chi connectivity index (χ1v) is 7.45. The molecule has 0 radical (unpaired) electrons. The number of carbonyl (C=O) groups is 1. The molecular formula is C19H16O5. The smallest absolute Gasteiger partial charge is 0.351 e. The Morgan fingerprint density at radius 1 is 1.12 bits per heavy atom. The summed E-state index contributed by atoms with van der Waals surface area (Å²) < 4.78 is 10.6. The molecule has 5 nitrogen and oxygen atoms in total. The number of ketones is 1. The fraction of sp³-hybridized carbons (Fsp3) is 0.158. The Balaban J connectivity index is 1.90. The van der Waals surface area contributed by atoms with Gasteiger partial charge in [0.25, 0.3) is 0 Å². The molecule has 0 spiro atoms. The highest BCUT2D eigenvalue weighted by molar-refractivity contribution is 6.03. The second kappa shape index (κ2) is 6.20. The molecule has 1 heterocycles. The second-order valence-electron chi connectivity index (χ2n) is 5.64. The van der Waals surface area contributed by atoms with Gasteiger partial charge in [-0.05, 0) is 49.2 Å². The highest BCUT2D eigenvalue weighted by Gasteiger charge is 2.21. The molecule has 2 aromatic carbocycles. The zero-order valence-electron chi connectivity index (χ0n) is 13.3. The minimum absolute atomic E-state index is 0.228. The maximum Gasteiger partial charge on any atom is 0.351 e. The van der Waals surface area contributed by atoms with Crippen LogP contribution in [0, 0.1) is 13.8 Å². The monoisotopic (exact) mass is 324 g/mol. The van der Waals surface area contributed by atoms with Crippen LogP contribution >= 0.6 is 0 Å². The van der Waals surface area contributed by atoms with Crippen molar-refractivity contribution in [2.24, 2.45) is 0 Å². The van der Waals surface area contributed by atoms with Crippen molar-refractivity contribution in [3.05, 3.63) is 69.6 Å². The lowest BCUT2D eigenvalue weighted by Gasteiger charge is -2.09. The van der Waals surface area contributed by atoms with E-state index in [-0.39, 0.29) is 17.9 Å². The lowest BCUT2D eigenvalue weighted by Crippen LogP contribution is -2.20. The fourth-order valence-corrected chi connectivity index (χ4v) is 2.62. The highest BCUT2D eigenvalue weighted by Crippen LogP contribution is 2.26. The highest BCUT2D eigenvalue weighted by atomic mass is 16.5. The molecule has 0 atom stereocenters. The Morgan fingerprint density at radius 2 is 1.79 bits per heavy atom. The molecule has 0 bridgehead atoms. The van der Waals surface area contributed by atoms with E-state index < -0.39 is 17.0 Å². The van der Waals surface area contributed by atoms with Crippen LogP contribution in [-0.2, 0) is 0 Å². The SMILES string of the molecule is Cc1cc(C)cc(OCC(=O)c2c(O)c3ccccc3oc2=O)c1. The molecular weight excluding hydrogens is 308 g/mol. The third kappa shape index (κ3) is 3.01. The van der Waals surface area contributed by atoms with E-state index in [0.717, 1.165) is 11.1 Å². The van der Waals surface area contributed by atoms with Gasteiger partial charge in [-0.3, -0.25) is 4.79 Å². The Kier molecular flexibility index (Phi) is 4.08. The lowest BCUT2D eigenvalue weighted by atomic mass is 10.1. The van der Waals surface area contributed by atoms with Crippen LogP contribution < -0.4 is 10.4 Å². The standard InChI is InChI=1S/C19H16O5/c1-11-7-12(2)9-13(8-11)23-10-15(20)17-18(21)14-5-3-4-6-16(14)24-19(17)22/h3-9,21H,10H2,1-2H3. The van der Waals surface area contributed by atoms with Crippen LogP contribution in [0.4, 0.5) is 0 Å². The Labute approximate surface area is 138 Å². The van der Waals surface area contributed by atoms with Gasteiger partial charge < -0.3 is 14.3 Å². The van der Waals surface area contributed by atoms with E-state index in [1.165, 1.54) is 0 Å². The van der Waals surface area contributed by atoms with Crippen LogP contribution in [0.25, 0.3) is 11.0 Å². The summed E-state index contributed by atoms with van der Waals surface area (Å²) >= 11 is 0. The van der Waals surface area contributed by atoms with E-state index >= 15 is 0 Å². The zero-order valence-corrected chi connectivity index (χ0v) is 13.3. The van der Waals surface area contributed by atoms with Crippen molar-refractivity contribution in [2.45, 2.75) is 13.8 Å². The van der Waals surface area contributed by atoms with Crippen molar-refractivity contribution >= 4 is 16.8 Å². The third-order valence-electron chi connectivity index (χ3n) is 3.63. The molecule has 24 heavy (non-hydrogen) atoms. The molecule has 0 saturated carbocycles. The number of benzene rings is 2. The summed E-state index contributed by atoms with van der Waals surface area (Å²) in [7, 11) is 0. The predicted molar refractivity (Wildman–Crippen MR) is 89.9 cm³/mol. The van der Waals surface area contributed by atoms with Gasteiger partial charge in [0.1, 0.15) is 22.6 Å². The first kappa shape index (κ1) is 15.8. The molecule has 122 valence electrons. The van der Waals surface area contributed by atoms with E-state index in [1.807, 2.05) is 19.9 Å². The summed E-state index contributed by atoms with van der Waals surface area (Å²) in [6.45, 7) is 3.48. The number of carbonyl (C=O) groups excluding carboxylic acids is 1. The summed E-state index contributed by atoms with van der Waals surface area (Å²) in [5.74, 6) is -0.479. The van der Waals surface area contributed by atoms with Gasteiger partial charge in [-0.25, -0.2) is 4.79 Å². The van der Waals surface area contributed by atoms with E-state index in [0.29, 0.717) is 11.1 Å². The van der Waals surface area contributed by atoms with Crippen LogP contribution in [0.1, 0.15) is 21.5 Å². The molecule has 0 aliphatic heterocycles. The molecule has 0 amide bonds. The number of para-hydroxylation sites is 1. The summed E-state index contributed by atoms with van der Waals surface area (Å²) in [5.41, 5.74) is 0.973. The van der Waals surface area contributed by atoms with Gasteiger partial charge in [-0.15, -0.1) is 0 Å². The average molecular weight is 324 g/mol. The number of aryl methyl sites for hydroxylation is 2. The normalized spacial score (nSPS) is 10.8. The second-order valence-corrected chi connectivity index (χ2v) is 5.64. The molecule has 0 unspecified atom stereocenters. The van der Waals surface area contributed by atoms with Crippen molar-refractivity contribution in [3.8, 4) is 11.5 Å². The van der Waals surface area contributed by atoms with Gasteiger partial charge in [0.05, 0.1) is 5.39 Å². The number of ether oxygens (including phenoxy) is 1. The van der Waals surface area contributed by atoms with E-state index in [4.69, 9.17) is 9.15 Å². The molecule has 3 aromatic rings. The summed E-state index contributed by atoms with van der Waals surface area (Å²) in [6, 6.07) is 12.1. The van der Waals surface area contributed by atoms with E-state index in [9.17, 15) is 14.7 Å². The topological polar surface area (TPSA) is 76.7 Å². The van der Waals surface area contributed by atoms with Crippen LogP contribution in [0.5, 0.6) is 11.5 Å². The van der Waals surface area contributed by atoms with Crippen LogP contribution in [-0.4, -0.2) is 17.5 Å². The van der Waals surface area contributed by atoms with Crippen molar-refractivity contribution in [3.63, 3.8) is 0 Å². The van der Waals surface area contributed by atoms with Gasteiger partial charge >= 0.3 is 5.63 Å². The third-order valence-corrected chi connectivity index (χ3v) is 3.63. The van der Waals surface area contributed by atoms with Crippen molar-refractivity contribution < 1.29 is 19.1 Å². The van der Waals surface area contributed by atoms with Gasteiger partial charge in [-0.1, -0.05) is 18.2 Å². The van der Waals surface area contributed by atoms with Gasteiger partial charge in [0.15, 0.2) is 6.61 Å². The van der Waals surface area contributed by atoms with E-state index in [2.05, 4.69) is 0 Å². The van der Waals surface area contributed by atoms with Crippen molar-refractivity contribution in [2.75, 3.05) is 6.61 Å². The Hall–Kier alpha value is -3.08. The number of Topliss-reactive ketones (excluding diaryl/α,β-unsaturated/α-hetero) is 1.